The maximum absolute atomic E-state index is 12.3. The predicted molar refractivity (Wildman–Crippen MR) is 91.8 cm³/mol. The first kappa shape index (κ1) is 16.3. The monoisotopic (exact) mass is 328 g/mol. The SMILES string of the molecule is Cc1cc(C)c(C=C2C(=O)Nc3ccc(OCC(O)CO)cc32)[nH]1. The lowest BCUT2D eigenvalue weighted by Gasteiger charge is -2.10. The van der Waals surface area contributed by atoms with E-state index in [4.69, 9.17) is 9.84 Å². The largest absolute Gasteiger partial charge is 0.491 e. The molecule has 6 nitrogen and oxygen atoms in total. The molecule has 4 N–H and O–H groups in total. The number of aliphatic hydroxyl groups excluding tert-OH is 2. The summed E-state index contributed by atoms with van der Waals surface area (Å²) in [5.74, 6) is 0.368. The first-order valence-corrected chi connectivity index (χ1v) is 7.73. The van der Waals surface area contributed by atoms with E-state index in [1.54, 1.807) is 18.2 Å². The van der Waals surface area contributed by atoms with E-state index in [0.717, 1.165) is 28.2 Å². The molecule has 0 saturated carbocycles. The summed E-state index contributed by atoms with van der Waals surface area (Å²) in [5, 5.41) is 21.0. The third-order valence-electron chi connectivity index (χ3n) is 3.91. The number of hydrogen-bond acceptors (Lipinski definition) is 4. The van der Waals surface area contributed by atoms with Crippen LogP contribution in [0.4, 0.5) is 5.69 Å². The van der Waals surface area contributed by atoms with Gasteiger partial charge < -0.3 is 25.3 Å². The predicted octanol–water partition coefficient (Wildman–Crippen LogP) is 1.86. The van der Waals surface area contributed by atoms with Crippen LogP contribution in [-0.4, -0.2) is 40.4 Å². The standard InChI is InChI=1S/C18H20N2O4/c1-10-5-11(2)19-17(10)7-15-14-6-13(24-9-12(22)8-21)3-4-16(14)20-18(15)23/h3-7,12,19,21-22H,8-9H2,1-2H3,(H,20,23). The highest BCUT2D eigenvalue weighted by molar-refractivity contribution is 6.35. The number of benzene rings is 1. The number of amides is 1. The van der Waals surface area contributed by atoms with Gasteiger partial charge >= 0.3 is 0 Å². The maximum Gasteiger partial charge on any atom is 0.256 e. The Labute approximate surface area is 139 Å². The minimum absolute atomic E-state index is 0.00929. The quantitative estimate of drug-likeness (QED) is 0.630. The van der Waals surface area contributed by atoms with Gasteiger partial charge in [-0.15, -0.1) is 0 Å². The fourth-order valence-electron chi connectivity index (χ4n) is 2.69. The van der Waals surface area contributed by atoms with Crippen molar-refractivity contribution in [1.29, 1.82) is 0 Å². The molecule has 2 heterocycles. The van der Waals surface area contributed by atoms with E-state index in [1.807, 2.05) is 26.0 Å². The topological polar surface area (TPSA) is 94.6 Å². The van der Waals surface area contributed by atoms with Crippen LogP contribution in [-0.2, 0) is 4.79 Å². The molecule has 2 aromatic rings. The molecule has 6 heteroatoms. The van der Waals surface area contributed by atoms with Crippen LogP contribution in [0, 0.1) is 13.8 Å². The summed E-state index contributed by atoms with van der Waals surface area (Å²) in [7, 11) is 0. The van der Waals surface area contributed by atoms with E-state index in [9.17, 15) is 9.90 Å². The van der Waals surface area contributed by atoms with Crippen LogP contribution in [0.3, 0.4) is 0 Å². The number of aromatic amines is 1. The van der Waals surface area contributed by atoms with E-state index in [-0.39, 0.29) is 19.1 Å². The molecule has 1 aromatic carbocycles. The Morgan fingerprint density at radius 1 is 1.29 bits per heavy atom. The minimum atomic E-state index is -0.933. The minimum Gasteiger partial charge on any atom is -0.491 e. The zero-order valence-electron chi connectivity index (χ0n) is 13.6. The van der Waals surface area contributed by atoms with Crippen molar-refractivity contribution in [3.8, 4) is 5.75 Å². The average Bonchev–Trinajstić information content (AvgIpc) is 3.04. The molecule has 3 rings (SSSR count). The van der Waals surface area contributed by atoms with Crippen molar-refractivity contribution in [3.63, 3.8) is 0 Å². The van der Waals surface area contributed by atoms with E-state index in [2.05, 4.69) is 10.3 Å². The molecular formula is C18H20N2O4. The number of ether oxygens (including phenoxy) is 1. The number of rotatable bonds is 5. The number of aliphatic hydroxyl groups is 2. The lowest BCUT2D eigenvalue weighted by molar-refractivity contribution is -0.110. The van der Waals surface area contributed by atoms with Gasteiger partial charge in [0.25, 0.3) is 5.91 Å². The Morgan fingerprint density at radius 2 is 2.08 bits per heavy atom. The number of carbonyl (C=O) groups excluding carboxylic acids is 1. The second kappa shape index (κ2) is 6.51. The van der Waals surface area contributed by atoms with E-state index >= 15 is 0 Å². The van der Waals surface area contributed by atoms with Crippen LogP contribution in [0.1, 0.15) is 22.5 Å². The van der Waals surface area contributed by atoms with Gasteiger partial charge in [0.15, 0.2) is 0 Å². The summed E-state index contributed by atoms with van der Waals surface area (Å²) in [5.41, 5.74) is 5.04. The highest BCUT2D eigenvalue weighted by Gasteiger charge is 2.25. The van der Waals surface area contributed by atoms with Crippen LogP contribution in [0.5, 0.6) is 5.75 Å². The summed E-state index contributed by atoms with van der Waals surface area (Å²) in [6.07, 6.45) is 0.896. The molecule has 0 aliphatic carbocycles. The third kappa shape index (κ3) is 3.20. The molecule has 24 heavy (non-hydrogen) atoms. The van der Waals surface area contributed by atoms with Gasteiger partial charge in [0.2, 0.25) is 0 Å². The molecule has 1 amide bonds. The van der Waals surface area contributed by atoms with Crippen LogP contribution in [0.15, 0.2) is 24.3 Å². The van der Waals surface area contributed by atoms with Gasteiger partial charge in [0.05, 0.1) is 12.2 Å². The molecule has 126 valence electrons. The lowest BCUT2D eigenvalue weighted by atomic mass is 10.0. The van der Waals surface area contributed by atoms with Gasteiger partial charge in [-0.25, -0.2) is 0 Å². The Hall–Kier alpha value is -2.57. The van der Waals surface area contributed by atoms with Crippen LogP contribution in [0.2, 0.25) is 0 Å². The first-order valence-electron chi connectivity index (χ1n) is 7.73. The number of carbonyl (C=O) groups is 1. The number of aromatic nitrogens is 1. The van der Waals surface area contributed by atoms with Gasteiger partial charge in [0, 0.05) is 22.6 Å². The molecule has 0 saturated heterocycles. The fraction of sp³-hybridized carbons (Fsp3) is 0.278. The third-order valence-corrected chi connectivity index (χ3v) is 3.91. The van der Waals surface area contributed by atoms with E-state index < -0.39 is 6.10 Å². The molecule has 0 radical (unpaired) electrons. The van der Waals surface area contributed by atoms with Crippen molar-refractivity contribution in [2.75, 3.05) is 18.5 Å². The summed E-state index contributed by atoms with van der Waals surface area (Å²) >= 11 is 0. The highest BCUT2D eigenvalue weighted by atomic mass is 16.5. The molecular weight excluding hydrogens is 308 g/mol. The number of nitrogens with one attached hydrogen (secondary N) is 2. The second-order valence-corrected chi connectivity index (χ2v) is 5.92. The Morgan fingerprint density at radius 3 is 2.75 bits per heavy atom. The van der Waals surface area contributed by atoms with Crippen molar-refractivity contribution >= 4 is 23.2 Å². The van der Waals surface area contributed by atoms with Crippen molar-refractivity contribution in [1.82, 2.24) is 4.98 Å². The van der Waals surface area contributed by atoms with Crippen LogP contribution in [0.25, 0.3) is 11.6 Å². The Balaban J connectivity index is 1.92. The number of H-pyrrole nitrogens is 1. The van der Waals surface area contributed by atoms with Crippen molar-refractivity contribution in [2.24, 2.45) is 0 Å². The number of hydrogen-bond donors (Lipinski definition) is 4. The smallest absolute Gasteiger partial charge is 0.256 e. The molecule has 1 aromatic heterocycles. The first-order chi connectivity index (χ1) is 11.5. The normalized spacial score (nSPS) is 16.2. The summed E-state index contributed by atoms with van der Waals surface area (Å²) < 4.78 is 5.46. The molecule has 1 aliphatic heterocycles. The van der Waals surface area contributed by atoms with Gasteiger partial charge in [-0.1, -0.05) is 0 Å². The van der Waals surface area contributed by atoms with E-state index in [0.29, 0.717) is 11.3 Å². The summed E-state index contributed by atoms with van der Waals surface area (Å²) in [6.45, 7) is 3.59. The zero-order chi connectivity index (χ0) is 17.3. The molecule has 1 aliphatic rings. The summed E-state index contributed by atoms with van der Waals surface area (Å²) in [4.78, 5) is 15.5. The van der Waals surface area contributed by atoms with Crippen molar-refractivity contribution < 1.29 is 19.7 Å². The molecule has 1 atom stereocenters. The maximum atomic E-state index is 12.3. The van der Waals surface area contributed by atoms with Crippen LogP contribution < -0.4 is 10.1 Å². The van der Waals surface area contributed by atoms with Gasteiger partial charge in [-0.05, 0) is 49.8 Å². The average molecular weight is 328 g/mol. The number of aryl methyl sites for hydroxylation is 2. The molecule has 0 fully saturated rings. The molecule has 0 bridgehead atoms. The fourth-order valence-corrected chi connectivity index (χ4v) is 2.69. The van der Waals surface area contributed by atoms with Gasteiger partial charge in [-0.2, -0.15) is 0 Å². The van der Waals surface area contributed by atoms with Crippen molar-refractivity contribution in [2.45, 2.75) is 20.0 Å². The molecule has 0 spiro atoms. The second-order valence-electron chi connectivity index (χ2n) is 5.92. The Kier molecular flexibility index (Phi) is 4.42. The zero-order valence-corrected chi connectivity index (χ0v) is 13.6. The summed E-state index contributed by atoms with van der Waals surface area (Å²) in [6, 6.07) is 7.27. The highest BCUT2D eigenvalue weighted by Crippen LogP contribution is 2.36. The van der Waals surface area contributed by atoms with Gasteiger partial charge in [0.1, 0.15) is 18.5 Å². The van der Waals surface area contributed by atoms with Gasteiger partial charge in [-0.3, -0.25) is 4.79 Å². The lowest BCUT2D eigenvalue weighted by Crippen LogP contribution is -2.21. The number of anilines is 1. The van der Waals surface area contributed by atoms with Crippen molar-refractivity contribution in [3.05, 3.63) is 46.8 Å². The van der Waals surface area contributed by atoms with E-state index in [1.165, 1.54) is 0 Å². The molecule has 1 unspecified atom stereocenters. The number of fused-ring (bicyclic) bond motifs is 1. The van der Waals surface area contributed by atoms with Crippen LogP contribution >= 0.6 is 0 Å². The Bertz CT molecular complexity index is 807.